The number of aromatic nitrogens is 1. The fraction of sp³-hybridized carbons (Fsp3) is 0.405. The van der Waals surface area contributed by atoms with Crippen molar-refractivity contribution in [3.63, 3.8) is 0 Å². The van der Waals surface area contributed by atoms with E-state index < -0.39 is 0 Å². The number of nitrogen functional groups attached to an aromatic ring is 1. The fourth-order valence-corrected chi connectivity index (χ4v) is 5.66. The number of nitriles is 1. The van der Waals surface area contributed by atoms with Gasteiger partial charge >= 0.3 is 0 Å². The molecule has 9 nitrogen and oxygen atoms in total. The molecule has 46 heavy (non-hydrogen) atoms. The van der Waals surface area contributed by atoms with Gasteiger partial charge in [0.1, 0.15) is 23.0 Å². The lowest BCUT2D eigenvalue weighted by Gasteiger charge is -2.29. The zero-order chi connectivity index (χ0) is 32.9. The number of benzene rings is 3. The number of ether oxygens (including phenoxy) is 4. The molecule has 0 aliphatic rings. The summed E-state index contributed by atoms with van der Waals surface area (Å²) in [5, 5.41) is 13.5. The zero-order valence-corrected chi connectivity index (χ0v) is 27.8. The normalized spacial score (nSPS) is 10.8. The largest absolute Gasteiger partial charge is 0.497 e. The summed E-state index contributed by atoms with van der Waals surface area (Å²) in [5.74, 6) is 3.57. The predicted molar refractivity (Wildman–Crippen MR) is 186 cm³/mol. The predicted octanol–water partition coefficient (Wildman–Crippen LogP) is 7.90. The Hall–Kier alpha value is -4.84. The summed E-state index contributed by atoms with van der Waals surface area (Å²) in [7, 11) is 6.63. The number of fused-ring (bicyclic) bond motifs is 1. The lowest BCUT2D eigenvalue weighted by Crippen LogP contribution is -2.26. The molecule has 244 valence electrons. The number of hydrogen-bond donors (Lipinski definition) is 2. The summed E-state index contributed by atoms with van der Waals surface area (Å²) in [4.78, 5) is 7.42. The van der Waals surface area contributed by atoms with E-state index >= 15 is 0 Å². The highest BCUT2D eigenvalue weighted by Crippen LogP contribution is 2.40. The Balaban J connectivity index is 1.80. The molecule has 3 N–H and O–H groups in total. The van der Waals surface area contributed by atoms with Gasteiger partial charge in [-0.2, -0.15) is 5.26 Å². The Kier molecular flexibility index (Phi) is 12.6. The number of nitrogens with one attached hydrogen (secondary N) is 1. The molecule has 0 saturated heterocycles. The molecule has 0 saturated carbocycles. The number of anilines is 3. The monoisotopic (exact) mass is 625 g/mol. The molecule has 0 aliphatic heterocycles. The van der Waals surface area contributed by atoms with Crippen LogP contribution in [0.4, 0.5) is 17.2 Å². The van der Waals surface area contributed by atoms with E-state index in [9.17, 15) is 0 Å². The first kappa shape index (κ1) is 34.0. The molecule has 0 fully saturated rings. The molecule has 0 aliphatic carbocycles. The third-order valence-corrected chi connectivity index (χ3v) is 8.21. The van der Waals surface area contributed by atoms with Crippen molar-refractivity contribution in [2.24, 2.45) is 0 Å². The van der Waals surface area contributed by atoms with Crippen LogP contribution in [0.15, 0.2) is 54.6 Å². The number of pyridine rings is 1. The molecule has 0 radical (unpaired) electrons. The van der Waals surface area contributed by atoms with Crippen molar-refractivity contribution < 1.29 is 18.9 Å². The van der Waals surface area contributed by atoms with Gasteiger partial charge in [0.25, 0.3) is 0 Å². The van der Waals surface area contributed by atoms with Gasteiger partial charge in [-0.1, -0.05) is 31.9 Å². The summed E-state index contributed by atoms with van der Waals surface area (Å²) in [6, 6.07) is 20.4. The van der Waals surface area contributed by atoms with Crippen molar-refractivity contribution in [3.05, 3.63) is 71.3 Å². The highest BCUT2D eigenvalue weighted by Gasteiger charge is 2.21. The number of unbranched alkanes of at least 4 members (excludes halogenated alkanes) is 4. The molecule has 0 unspecified atom stereocenters. The zero-order valence-electron chi connectivity index (χ0n) is 27.8. The van der Waals surface area contributed by atoms with E-state index in [1.807, 2.05) is 30.3 Å². The molecule has 9 heteroatoms. The molecular weight excluding hydrogens is 578 g/mol. The number of rotatable bonds is 18. The molecule has 3 aromatic carbocycles. The Bertz CT molecular complexity index is 1630. The minimum Gasteiger partial charge on any atom is -0.497 e. The van der Waals surface area contributed by atoms with E-state index in [2.05, 4.69) is 47.5 Å². The molecule has 4 aromatic rings. The molecule has 1 heterocycles. The van der Waals surface area contributed by atoms with Crippen molar-refractivity contribution in [2.45, 2.75) is 65.0 Å². The van der Waals surface area contributed by atoms with Crippen LogP contribution in [0.25, 0.3) is 10.9 Å². The maximum atomic E-state index is 8.97. The van der Waals surface area contributed by atoms with Crippen molar-refractivity contribution in [1.82, 2.24) is 4.98 Å². The Morgan fingerprint density at radius 2 is 1.52 bits per heavy atom. The van der Waals surface area contributed by atoms with Gasteiger partial charge in [0.2, 0.25) is 0 Å². The van der Waals surface area contributed by atoms with Crippen LogP contribution in [-0.2, 0) is 19.5 Å². The third-order valence-electron chi connectivity index (χ3n) is 8.21. The molecule has 0 atom stereocenters. The average molecular weight is 626 g/mol. The molecule has 4 rings (SSSR count). The summed E-state index contributed by atoms with van der Waals surface area (Å²) in [6.45, 7) is 4.09. The molecule has 0 bridgehead atoms. The van der Waals surface area contributed by atoms with E-state index in [0.29, 0.717) is 31.0 Å². The van der Waals surface area contributed by atoms with Gasteiger partial charge in [-0.15, -0.1) is 0 Å². The molecular formula is C37H47N5O4. The quantitative estimate of drug-likeness (QED) is 0.107. The van der Waals surface area contributed by atoms with Crippen LogP contribution in [0, 0.1) is 11.3 Å². The number of hydrogen-bond acceptors (Lipinski definition) is 9. The highest BCUT2D eigenvalue weighted by atomic mass is 16.5. The van der Waals surface area contributed by atoms with Gasteiger partial charge in [-0.05, 0) is 61.6 Å². The van der Waals surface area contributed by atoms with E-state index in [1.165, 1.54) is 5.56 Å². The standard InChI is InChI=1S/C37H47N5O4/c1-6-7-11-20-42(25-28-15-17-30(44-3)23-34(28)46-5)36-31-18-13-26(12-9-8-10-19-38)21-32(31)41-37(35(36)39)40-24-27-14-16-29(43-2)22-33(27)45-4/h13-18,21-23H,6-12,20,24-25,39H2,1-5H3,(H,40,41). The summed E-state index contributed by atoms with van der Waals surface area (Å²) >= 11 is 0. The second-order valence-corrected chi connectivity index (χ2v) is 11.3. The van der Waals surface area contributed by atoms with Crippen molar-refractivity contribution >= 4 is 28.1 Å². The lowest BCUT2D eigenvalue weighted by molar-refractivity contribution is 0.390. The SMILES string of the molecule is CCCCCN(Cc1ccc(OC)cc1OC)c1c(N)c(NCc2ccc(OC)cc2OC)nc2cc(CCCCC#N)ccc12. The van der Waals surface area contributed by atoms with Crippen LogP contribution >= 0.6 is 0 Å². The number of nitrogens with zero attached hydrogens (tertiary/aromatic N) is 3. The smallest absolute Gasteiger partial charge is 0.152 e. The topological polar surface area (TPSA) is 115 Å². The van der Waals surface area contributed by atoms with Crippen molar-refractivity contribution in [2.75, 3.05) is 50.9 Å². The van der Waals surface area contributed by atoms with E-state index in [0.717, 1.165) is 95.8 Å². The minimum atomic E-state index is 0.464. The molecule has 1 aromatic heterocycles. The summed E-state index contributed by atoms with van der Waals surface area (Å²) < 4.78 is 22.3. The maximum Gasteiger partial charge on any atom is 0.152 e. The van der Waals surface area contributed by atoms with Crippen LogP contribution in [0.1, 0.15) is 62.1 Å². The summed E-state index contributed by atoms with van der Waals surface area (Å²) in [5.41, 5.74) is 12.6. The first-order valence-electron chi connectivity index (χ1n) is 16.0. The average Bonchev–Trinajstić information content (AvgIpc) is 3.09. The van der Waals surface area contributed by atoms with Gasteiger partial charge in [0.05, 0.1) is 51.4 Å². The molecule has 0 amide bonds. The van der Waals surface area contributed by atoms with Gasteiger partial charge in [0, 0.05) is 54.7 Å². The first-order valence-corrected chi connectivity index (χ1v) is 16.0. The second kappa shape index (κ2) is 17.0. The van der Waals surface area contributed by atoms with Crippen LogP contribution in [-0.4, -0.2) is 40.0 Å². The van der Waals surface area contributed by atoms with Gasteiger partial charge in [0.15, 0.2) is 5.82 Å². The van der Waals surface area contributed by atoms with Gasteiger partial charge in [-0.3, -0.25) is 0 Å². The summed E-state index contributed by atoms with van der Waals surface area (Å²) in [6.07, 6.45) is 6.50. The first-order chi connectivity index (χ1) is 22.5. The van der Waals surface area contributed by atoms with Crippen LogP contribution in [0.3, 0.4) is 0 Å². The highest BCUT2D eigenvalue weighted by molar-refractivity contribution is 6.02. The lowest BCUT2D eigenvalue weighted by atomic mass is 10.0. The molecule has 0 spiro atoms. The van der Waals surface area contributed by atoms with E-state index in [4.69, 9.17) is 34.9 Å². The van der Waals surface area contributed by atoms with E-state index in [-0.39, 0.29) is 0 Å². The van der Waals surface area contributed by atoms with Crippen LogP contribution < -0.4 is 34.9 Å². The Morgan fingerprint density at radius 1 is 0.826 bits per heavy atom. The Morgan fingerprint density at radius 3 is 2.17 bits per heavy atom. The van der Waals surface area contributed by atoms with Crippen LogP contribution in [0.5, 0.6) is 23.0 Å². The Labute approximate surface area is 273 Å². The second-order valence-electron chi connectivity index (χ2n) is 11.3. The van der Waals surface area contributed by atoms with Gasteiger partial charge in [-0.25, -0.2) is 4.98 Å². The fourth-order valence-electron chi connectivity index (χ4n) is 5.66. The third kappa shape index (κ3) is 8.45. The van der Waals surface area contributed by atoms with E-state index in [1.54, 1.807) is 28.4 Å². The number of aryl methyl sites for hydroxylation is 1. The van der Waals surface area contributed by atoms with Crippen LogP contribution in [0.2, 0.25) is 0 Å². The van der Waals surface area contributed by atoms with Crippen molar-refractivity contribution in [1.29, 1.82) is 5.26 Å². The number of nitrogens with two attached hydrogens (primary N) is 1. The van der Waals surface area contributed by atoms with Gasteiger partial charge < -0.3 is 34.9 Å². The number of methoxy groups -OCH3 is 4. The minimum absolute atomic E-state index is 0.464. The maximum absolute atomic E-state index is 8.97. The van der Waals surface area contributed by atoms with Crippen molar-refractivity contribution in [3.8, 4) is 29.1 Å².